The molecule has 0 bridgehead atoms. The number of benzene rings is 2. The number of carbonyl (C=O) groups excluding carboxylic acids is 1. The summed E-state index contributed by atoms with van der Waals surface area (Å²) in [6.07, 6.45) is 7.23. The number of rotatable bonds is 5. The number of aromatic nitrogens is 2. The SMILES string of the molecule is Cc1nc2ccccc2n1Cc1ccc(C(=O)N(C)C2CCN(C3CCCC3)CC2)c(F)c1. The average molecular weight is 449 g/mol. The van der Waals surface area contributed by atoms with Gasteiger partial charge < -0.3 is 14.4 Å². The molecule has 6 heteroatoms. The first-order valence-corrected chi connectivity index (χ1v) is 12.2. The highest BCUT2D eigenvalue weighted by Crippen LogP contribution is 2.28. The van der Waals surface area contributed by atoms with E-state index in [-0.39, 0.29) is 17.5 Å². The minimum absolute atomic E-state index is 0.159. The van der Waals surface area contributed by atoms with Crippen LogP contribution in [0.1, 0.15) is 60.3 Å². The molecular formula is C27H33FN4O. The number of fused-ring (bicyclic) bond motifs is 1. The highest BCUT2D eigenvalue weighted by molar-refractivity contribution is 5.94. The molecule has 33 heavy (non-hydrogen) atoms. The van der Waals surface area contributed by atoms with Crippen molar-refractivity contribution >= 4 is 16.9 Å². The minimum atomic E-state index is -0.449. The third-order valence-electron chi connectivity index (χ3n) is 7.66. The van der Waals surface area contributed by atoms with Crippen LogP contribution >= 0.6 is 0 Å². The number of carbonyl (C=O) groups is 1. The van der Waals surface area contributed by atoms with E-state index in [0.717, 1.165) is 54.4 Å². The summed E-state index contributed by atoms with van der Waals surface area (Å²) in [5.74, 6) is 0.220. The van der Waals surface area contributed by atoms with Crippen molar-refractivity contribution in [2.24, 2.45) is 0 Å². The Kier molecular flexibility index (Phi) is 6.19. The first-order chi connectivity index (χ1) is 16.0. The Morgan fingerprint density at radius 1 is 1.09 bits per heavy atom. The molecule has 2 aliphatic rings. The van der Waals surface area contributed by atoms with Gasteiger partial charge in [0.15, 0.2) is 0 Å². The second-order valence-electron chi connectivity index (χ2n) is 9.67. The van der Waals surface area contributed by atoms with E-state index in [1.807, 2.05) is 44.3 Å². The molecule has 1 aliphatic heterocycles. The second kappa shape index (κ2) is 9.26. The van der Waals surface area contributed by atoms with Crippen molar-refractivity contribution in [2.75, 3.05) is 20.1 Å². The first-order valence-electron chi connectivity index (χ1n) is 12.2. The highest BCUT2D eigenvalue weighted by Gasteiger charge is 2.31. The smallest absolute Gasteiger partial charge is 0.256 e. The maximum absolute atomic E-state index is 15.1. The fourth-order valence-electron chi connectivity index (χ4n) is 5.67. The summed E-state index contributed by atoms with van der Waals surface area (Å²) in [4.78, 5) is 22.1. The van der Waals surface area contributed by atoms with Crippen LogP contribution in [0, 0.1) is 12.7 Å². The fourth-order valence-corrected chi connectivity index (χ4v) is 5.67. The molecule has 0 unspecified atom stereocenters. The largest absolute Gasteiger partial charge is 0.339 e. The number of piperidine rings is 1. The van der Waals surface area contributed by atoms with Crippen molar-refractivity contribution in [3.05, 3.63) is 65.2 Å². The van der Waals surface area contributed by atoms with Crippen LogP contribution in [0.25, 0.3) is 11.0 Å². The Morgan fingerprint density at radius 2 is 1.82 bits per heavy atom. The van der Waals surface area contributed by atoms with Gasteiger partial charge in [-0.2, -0.15) is 0 Å². The third kappa shape index (κ3) is 4.41. The van der Waals surface area contributed by atoms with E-state index in [2.05, 4.69) is 14.5 Å². The zero-order valence-electron chi connectivity index (χ0n) is 19.6. The summed E-state index contributed by atoms with van der Waals surface area (Å²) >= 11 is 0. The average Bonchev–Trinajstić information content (AvgIpc) is 3.47. The van der Waals surface area contributed by atoms with Gasteiger partial charge in [-0.25, -0.2) is 9.37 Å². The molecule has 5 rings (SSSR count). The molecule has 3 aromatic rings. The van der Waals surface area contributed by atoms with Gasteiger partial charge in [0.25, 0.3) is 5.91 Å². The van der Waals surface area contributed by atoms with Crippen LogP contribution in [0.3, 0.4) is 0 Å². The van der Waals surface area contributed by atoms with E-state index in [0.29, 0.717) is 6.54 Å². The Hall–Kier alpha value is -2.73. The van der Waals surface area contributed by atoms with Crippen LogP contribution in [0.5, 0.6) is 0 Å². The molecule has 1 saturated carbocycles. The van der Waals surface area contributed by atoms with Gasteiger partial charge in [-0.15, -0.1) is 0 Å². The van der Waals surface area contributed by atoms with E-state index >= 15 is 4.39 Å². The van der Waals surface area contributed by atoms with Gasteiger partial charge in [-0.1, -0.05) is 31.0 Å². The van der Waals surface area contributed by atoms with Crippen molar-refractivity contribution in [3.63, 3.8) is 0 Å². The van der Waals surface area contributed by atoms with E-state index in [4.69, 9.17) is 0 Å². The minimum Gasteiger partial charge on any atom is -0.339 e. The molecular weight excluding hydrogens is 415 g/mol. The molecule has 0 spiro atoms. The lowest BCUT2D eigenvalue weighted by molar-refractivity contribution is 0.0594. The molecule has 5 nitrogen and oxygen atoms in total. The van der Waals surface area contributed by atoms with Gasteiger partial charge in [0, 0.05) is 38.8 Å². The molecule has 0 atom stereocenters. The Labute approximate surface area is 195 Å². The van der Waals surface area contributed by atoms with Gasteiger partial charge >= 0.3 is 0 Å². The summed E-state index contributed by atoms with van der Waals surface area (Å²) in [6.45, 7) is 4.55. The summed E-state index contributed by atoms with van der Waals surface area (Å²) in [6, 6.07) is 13.9. The maximum atomic E-state index is 15.1. The second-order valence-corrected chi connectivity index (χ2v) is 9.67. The van der Waals surface area contributed by atoms with Crippen molar-refractivity contribution in [1.82, 2.24) is 19.4 Å². The molecule has 0 N–H and O–H groups in total. The molecule has 0 radical (unpaired) electrons. The molecule has 174 valence electrons. The maximum Gasteiger partial charge on any atom is 0.256 e. The Morgan fingerprint density at radius 3 is 2.55 bits per heavy atom. The van der Waals surface area contributed by atoms with Crippen molar-refractivity contribution in [1.29, 1.82) is 0 Å². The van der Waals surface area contributed by atoms with Crippen LogP contribution in [0.2, 0.25) is 0 Å². The lowest BCUT2D eigenvalue weighted by Gasteiger charge is -2.39. The lowest BCUT2D eigenvalue weighted by Crippen LogP contribution is -2.48. The summed E-state index contributed by atoms with van der Waals surface area (Å²) in [5.41, 5.74) is 2.94. The van der Waals surface area contributed by atoms with Gasteiger partial charge in [-0.3, -0.25) is 4.79 Å². The van der Waals surface area contributed by atoms with Crippen LogP contribution in [-0.4, -0.2) is 57.5 Å². The highest BCUT2D eigenvalue weighted by atomic mass is 19.1. The number of likely N-dealkylation sites (tertiary alicyclic amines) is 1. The van der Waals surface area contributed by atoms with Crippen LogP contribution in [0.4, 0.5) is 4.39 Å². The molecule has 1 saturated heterocycles. The molecule has 1 amide bonds. The van der Waals surface area contributed by atoms with E-state index in [1.165, 1.54) is 31.7 Å². The fraction of sp³-hybridized carbons (Fsp3) is 0.481. The quantitative estimate of drug-likeness (QED) is 0.551. The molecule has 2 heterocycles. The van der Waals surface area contributed by atoms with Gasteiger partial charge in [-0.05, 0) is 62.4 Å². The predicted molar refractivity (Wildman–Crippen MR) is 129 cm³/mol. The summed E-state index contributed by atoms with van der Waals surface area (Å²) in [7, 11) is 1.83. The predicted octanol–water partition coefficient (Wildman–Crippen LogP) is 5.01. The number of imidazole rings is 1. The number of hydrogen-bond donors (Lipinski definition) is 0. The third-order valence-corrected chi connectivity index (χ3v) is 7.66. The van der Waals surface area contributed by atoms with Gasteiger partial charge in [0.2, 0.25) is 0 Å². The standard InChI is InChI=1S/C27H33FN4O/c1-19-29-25-9-5-6-10-26(25)32(19)18-20-11-12-23(24(28)17-20)27(33)30(2)21-13-15-31(16-14-21)22-7-3-4-8-22/h5-6,9-12,17,21-22H,3-4,7-8,13-16,18H2,1-2H3. The Bertz CT molecular complexity index is 1140. The van der Waals surface area contributed by atoms with Crippen LogP contribution in [-0.2, 0) is 6.54 Å². The first kappa shape index (κ1) is 22.1. The molecule has 1 aliphatic carbocycles. The van der Waals surface area contributed by atoms with Crippen molar-refractivity contribution in [3.8, 4) is 0 Å². The number of amides is 1. The van der Waals surface area contributed by atoms with Crippen LogP contribution < -0.4 is 0 Å². The van der Waals surface area contributed by atoms with E-state index in [1.54, 1.807) is 11.0 Å². The topological polar surface area (TPSA) is 41.4 Å². The molecule has 2 aromatic carbocycles. The van der Waals surface area contributed by atoms with E-state index in [9.17, 15) is 4.79 Å². The van der Waals surface area contributed by atoms with Crippen LogP contribution in [0.15, 0.2) is 42.5 Å². The van der Waals surface area contributed by atoms with Gasteiger partial charge in [0.1, 0.15) is 11.6 Å². The normalized spacial score (nSPS) is 18.3. The summed E-state index contributed by atoms with van der Waals surface area (Å²) < 4.78 is 17.1. The number of nitrogens with zero attached hydrogens (tertiary/aromatic N) is 4. The molecule has 2 fully saturated rings. The monoisotopic (exact) mass is 448 g/mol. The molecule has 1 aromatic heterocycles. The number of halogens is 1. The number of para-hydroxylation sites is 2. The lowest BCUT2D eigenvalue weighted by atomic mass is 10.00. The van der Waals surface area contributed by atoms with E-state index < -0.39 is 5.82 Å². The number of hydrogen-bond acceptors (Lipinski definition) is 3. The Balaban J connectivity index is 1.26. The van der Waals surface area contributed by atoms with Crippen molar-refractivity contribution < 1.29 is 9.18 Å². The zero-order chi connectivity index (χ0) is 22.9. The summed E-state index contributed by atoms with van der Waals surface area (Å²) in [5, 5.41) is 0. The zero-order valence-corrected chi connectivity index (χ0v) is 19.6. The van der Waals surface area contributed by atoms with Gasteiger partial charge in [0.05, 0.1) is 16.6 Å². The number of aryl methyl sites for hydroxylation is 1. The van der Waals surface area contributed by atoms with Crippen molar-refractivity contribution in [2.45, 2.75) is 64.1 Å².